The Balaban J connectivity index is 1.87. The number of hydrogen-bond donors (Lipinski definition) is 2. The van der Waals surface area contributed by atoms with E-state index in [4.69, 9.17) is 10.3 Å². The molecule has 0 amide bonds. The van der Waals surface area contributed by atoms with Gasteiger partial charge in [-0.1, -0.05) is 24.3 Å². The second kappa shape index (κ2) is 5.86. The minimum Gasteiger partial charge on any atom is -0.469 e. The number of hydrazine groups is 1. The summed E-state index contributed by atoms with van der Waals surface area (Å²) in [6.07, 6.45) is 7.15. The largest absolute Gasteiger partial charge is 0.469 e. The highest BCUT2D eigenvalue weighted by Crippen LogP contribution is 2.25. The van der Waals surface area contributed by atoms with E-state index in [9.17, 15) is 0 Å². The van der Waals surface area contributed by atoms with Crippen molar-refractivity contribution >= 4 is 10.8 Å². The first kappa shape index (κ1) is 12.8. The van der Waals surface area contributed by atoms with E-state index in [1.54, 1.807) is 6.26 Å². The standard InChI is InChI=1S/C16H17N3O/c17-19-16(8-7-13-5-3-9-20-13)15-11-18-10-12-4-1-2-6-14(12)15/h1-6,9-11,16,19H,7-8,17H2. The van der Waals surface area contributed by atoms with E-state index < -0.39 is 0 Å². The second-order valence-corrected chi connectivity index (χ2v) is 4.79. The molecule has 0 aliphatic carbocycles. The lowest BCUT2D eigenvalue weighted by atomic mass is 9.98. The van der Waals surface area contributed by atoms with Gasteiger partial charge in [0.1, 0.15) is 5.76 Å². The van der Waals surface area contributed by atoms with E-state index in [0.717, 1.165) is 29.6 Å². The number of nitrogens with one attached hydrogen (secondary N) is 1. The monoisotopic (exact) mass is 267 g/mol. The van der Waals surface area contributed by atoms with E-state index in [2.05, 4.69) is 22.5 Å². The fourth-order valence-electron chi connectivity index (χ4n) is 2.49. The van der Waals surface area contributed by atoms with Crippen LogP contribution in [0.15, 0.2) is 59.5 Å². The molecule has 0 aliphatic heterocycles. The first-order valence-electron chi connectivity index (χ1n) is 6.69. The van der Waals surface area contributed by atoms with Gasteiger partial charge in [-0.3, -0.25) is 16.3 Å². The topological polar surface area (TPSA) is 64.1 Å². The van der Waals surface area contributed by atoms with Crippen LogP contribution in [0.1, 0.15) is 23.8 Å². The number of aryl methyl sites for hydroxylation is 1. The van der Waals surface area contributed by atoms with Crippen LogP contribution in [0.25, 0.3) is 10.8 Å². The third kappa shape index (κ3) is 2.57. The molecule has 3 N–H and O–H groups in total. The molecule has 4 heteroatoms. The quantitative estimate of drug-likeness (QED) is 0.551. The van der Waals surface area contributed by atoms with Crippen molar-refractivity contribution in [1.82, 2.24) is 10.4 Å². The third-order valence-electron chi connectivity index (χ3n) is 3.54. The van der Waals surface area contributed by atoms with E-state index in [1.807, 2.05) is 36.7 Å². The predicted octanol–water partition coefficient (Wildman–Crippen LogP) is 2.97. The normalized spacial score (nSPS) is 12.7. The Morgan fingerprint density at radius 3 is 2.85 bits per heavy atom. The predicted molar refractivity (Wildman–Crippen MR) is 78.8 cm³/mol. The fourth-order valence-corrected chi connectivity index (χ4v) is 2.49. The van der Waals surface area contributed by atoms with Crippen LogP contribution in [0.3, 0.4) is 0 Å². The summed E-state index contributed by atoms with van der Waals surface area (Å²) in [6, 6.07) is 12.1. The van der Waals surface area contributed by atoms with Gasteiger partial charge in [-0.15, -0.1) is 0 Å². The summed E-state index contributed by atoms with van der Waals surface area (Å²) in [5.41, 5.74) is 4.01. The van der Waals surface area contributed by atoms with Gasteiger partial charge in [-0.2, -0.15) is 0 Å². The molecule has 0 bridgehead atoms. The third-order valence-corrected chi connectivity index (χ3v) is 3.54. The van der Waals surface area contributed by atoms with Gasteiger partial charge >= 0.3 is 0 Å². The van der Waals surface area contributed by atoms with Crippen molar-refractivity contribution in [2.75, 3.05) is 0 Å². The van der Waals surface area contributed by atoms with Gasteiger partial charge in [-0.25, -0.2) is 0 Å². The highest BCUT2D eigenvalue weighted by Gasteiger charge is 2.14. The fraction of sp³-hybridized carbons (Fsp3) is 0.188. The maximum atomic E-state index is 5.73. The van der Waals surface area contributed by atoms with Crippen molar-refractivity contribution in [3.63, 3.8) is 0 Å². The molecule has 1 unspecified atom stereocenters. The number of fused-ring (bicyclic) bond motifs is 1. The van der Waals surface area contributed by atoms with E-state index in [0.29, 0.717) is 0 Å². The molecular formula is C16H17N3O. The van der Waals surface area contributed by atoms with Crippen LogP contribution in [-0.4, -0.2) is 4.98 Å². The molecule has 20 heavy (non-hydrogen) atoms. The van der Waals surface area contributed by atoms with Gasteiger partial charge in [0.15, 0.2) is 0 Å². The molecule has 102 valence electrons. The van der Waals surface area contributed by atoms with Crippen molar-refractivity contribution in [2.45, 2.75) is 18.9 Å². The summed E-state index contributed by atoms with van der Waals surface area (Å²) in [7, 11) is 0. The summed E-state index contributed by atoms with van der Waals surface area (Å²) >= 11 is 0. The summed E-state index contributed by atoms with van der Waals surface area (Å²) in [5, 5.41) is 2.31. The van der Waals surface area contributed by atoms with Crippen LogP contribution >= 0.6 is 0 Å². The number of furan rings is 1. The molecule has 2 heterocycles. The highest BCUT2D eigenvalue weighted by atomic mass is 16.3. The number of benzene rings is 1. The Kier molecular flexibility index (Phi) is 3.76. The van der Waals surface area contributed by atoms with Gasteiger partial charge in [0, 0.05) is 30.2 Å². The molecular weight excluding hydrogens is 250 g/mol. The van der Waals surface area contributed by atoms with Crippen molar-refractivity contribution < 1.29 is 4.42 Å². The van der Waals surface area contributed by atoms with E-state index in [-0.39, 0.29) is 6.04 Å². The van der Waals surface area contributed by atoms with Gasteiger partial charge in [0.25, 0.3) is 0 Å². The number of hydrogen-bond acceptors (Lipinski definition) is 4. The van der Waals surface area contributed by atoms with E-state index >= 15 is 0 Å². The van der Waals surface area contributed by atoms with Crippen LogP contribution < -0.4 is 11.3 Å². The van der Waals surface area contributed by atoms with Crippen LogP contribution in [0, 0.1) is 0 Å². The smallest absolute Gasteiger partial charge is 0.103 e. The van der Waals surface area contributed by atoms with Gasteiger partial charge in [0.2, 0.25) is 0 Å². The Morgan fingerprint density at radius 2 is 2.05 bits per heavy atom. The summed E-state index contributed by atoms with van der Waals surface area (Å²) in [4.78, 5) is 4.31. The summed E-state index contributed by atoms with van der Waals surface area (Å²) < 4.78 is 5.37. The molecule has 0 aliphatic rings. The summed E-state index contributed by atoms with van der Waals surface area (Å²) in [6.45, 7) is 0. The zero-order chi connectivity index (χ0) is 13.8. The van der Waals surface area contributed by atoms with E-state index in [1.165, 1.54) is 5.39 Å². The molecule has 3 aromatic rings. The zero-order valence-corrected chi connectivity index (χ0v) is 11.1. The molecule has 0 radical (unpaired) electrons. The minimum atomic E-state index is 0.0544. The number of aromatic nitrogens is 1. The van der Waals surface area contributed by atoms with Gasteiger partial charge in [-0.05, 0) is 29.5 Å². The molecule has 0 saturated carbocycles. The number of rotatable bonds is 5. The molecule has 0 spiro atoms. The van der Waals surface area contributed by atoms with Crippen molar-refractivity contribution in [2.24, 2.45) is 5.84 Å². The SMILES string of the molecule is NNC(CCc1ccco1)c1cncc2ccccc12. The van der Waals surface area contributed by atoms with Crippen LogP contribution in [0.2, 0.25) is 0 Å². The Bertz CT molecular complexity index is 674. The average Bonchev–Trinajstić information content (AvgIpc) is 3.01. The molecule has 1 aromatic carbocycles. The second-order valence-electron chi connectivity index (χ2n) is 4.79. The Labute approximate surface area is 117 Å². The minimum absolute atomic E-state index is 0.0544. The first-order valence-corrected chi connectivity index (χ1v) is 6.69. The molecule has 0 saturated heterocycles. The average molecular weight is 267 g/mol. The molecule has 0 fully saturated rings. The van der Waals surface area contributed by atoms with Crippen LogP contribution in [0.5, 0.6) is 0 Å². The maximum Gasteiger partial charge on any atom is 0.103 e. The molecule has 4 nitrogen and oxygen atoms in total. The van der Waals surface area contributed by atoms with Crippen LogP contribution in [-0.2, 0) is 6.42 Å². The zero-order valence-electron chi connectivity index (χ0n) is 11.1. The first-order chi connectivity index (χ1) is 9.88. The van der Waals surface area contributed by atoms with Gasteiger partial charge < -0.3 is 4.42 Å². The summed E-state index contributed by atoms with van der Waals surface area (Å²) in [5.74, 6) is 6.70. The van der Waals surface area contributed by atoms with Crippen molar-refractivity contribution in [3.05, 3.63) is 66.4 Å². The Morgan fingerprint density at radius 1 is 1.15 bits per heavy atom. The molecule has 3 rings (SSSR count). The molecule has 2 aromatic heterocycles. The molecule has 1 atom stereocenters. The highest BCUT2D eigenvalue weighted by molar-refractivity contribution is 5.85. The Hall–Kier alpha value is -2.17. The lowest BCUT2D eigenvalue weighted by Crippen LogP contribution is -2.28. The van der Waals surface area contributed by atoms with Crippen molar-refractivity contribution in [3.8, 4) is 0 Å². The lowest BCUT2D eigenvalue weighted by molar-refractivity contribution is 0.459. The number of pyridine rings is 1. The maximum absolute atomic E-state index is 5.73. The number of nitrogens with zero attached hydrogens (tertiary/aromatic N) is 1. The number of nitrogens with two attached hydrogens (primary N) is 1. The van der Waals surface area contributed by atoms with Crippen LogP contribution in [0.4, 0.5) is 0 Å². The lowest BCUT2D eigenvalue weighted by Gasteiger charge is -2.17. The van der Waals surface area contributed by atoms with Gasteiger partial charge in [0.05, 0.1) is 6.26 Å². The van der Waals surface area contributed by atoms with Crippen molar-refractivity contribution in [1.29, 1.82) is 0 Å².